The fourth-order valence-electron chi connectivity index (χ4n) is 1.69. The van der Waals surface area contributed by atoms with Crippen LogP contribution in [0.2, 0.25) is 18.1 Å². The van der Waals surface area contributed by atoms with Crippen LogP contribution in [0.15, 0.2) is 30.3 Å². The molecular weight excluding hydrogens is 268 g/mol. The molecular formula is C16H26O3Si. The standard InChI is InChI=1S/C16H26O3Si/c1-12(17)15(19-20(5,6)16(2,3)4)14(18)13-10-8-7-9-11-13/h7-11,14-15,18H,1-6H3/t14-,15-/m1/s1. The molecule has 0 aromatic heterocycles. The highest BCUT2D eigenvalue weighted by Crippen LogP contribution is 2.38. The van der Waals surface area contributed by atoms with E-state index in [9.17, 15) is 9.90 Å². The van der Waals surface area contributed by atoms with Crippen molar-refractivity contribution in [2.75, 3.05) is 0 Å². The molecule has 0 radical (unpaired) electrons. The zero-order valence-corrected chi connectivity index (χ0v) is 14.3. The second-order valence-electron chi connectivity index (χ2n) is 6.76. The first-order valence-electron chi connectivity index (χ1n) is 6.97. The zero-order chi connectivity index (χ0) is 15.6. The van der Waals surface area contributed by atoms with E-state index in [1.807, 2.05) is 30.3 Å². The third kappa shape index (κ3) is 4.01. The van der Waals surface area contributed by atoms with Crippen molar-refractivity contribution < 1.29 is 14.3 Å². The average Bonchev–Trinajstić information content (AvgIpc) is 2.34. The van der Waals surface area contributed by atoms with Crippen molar-refractivity contribution in [3.05, 3.63) is 35.9 Å². The van der Waals surface area contributed by atoms with Gasteiger partial charge in [0.05, 0.1) is 0 Å². The first-order valence-corrected chi connectivity index (χ1v) is 9.88. The summed E-state index contributed by atoms with van der Waals surface area (Å²) in [4.78, 5) is 11.9. The minimum Gasteiger partial charge on any atom is -0.404 e. The van der Waals surface area contributed by atoms with Crippen LogP contribution in [0.4, 0.5) is 0 Å². The van der Waals surface area contributed by atoms with Crippen LogP contribution < -0.4 is 0 Å². The number of carbonyl (C=O) groups excluding carboxylic acids is 1. The van der Waals surface area contributed by atoms with Crippen molar-refractivity contribution in [2.24, 2.45) is 0 Å². The van der Waals surface area contributed by atoms with Gasteiger partial charge in [-0.1, -0.05) is 51.1 Å². The molecule has 1 rings (SSSR count). The van der Waals surface area contributed by atoms with Crippen molar-refractivity contribution in [2.45, 2.75) is 58.0 Å². The van der Waals surface area contributed by atoms with Crippen molar-refractivity contribution in [1.29, 1.82) is 0 Å². The monoisotopic (exact) mass is 294 g/mol. The maximum Gasteiger partial charge on any atom is 0.193 e. The summed E-state index contributed by atoms with van der Waals surface area (Å²) in [7, 11) is -2.11. The van der Waals surface area contributed by atoms with E-state index in [2.05, 4.69) is 33.9 Å². The van der Waals surface area contributed by atoms with Gasteiger partial charge in [0.1, 0.15) is 12.2 Å². The third-order valence-corrected chi connectivity index (χ3v) is 8.51. The average molecular weight is 294 g/mol. The van der Waals surface area contributed by atoms with E-state index >= 15 is 0 Å². The van der Waals surface area contributed by atoms with Gasteiger partial charge < -0.3 is 9.53 Å². The third-order valence-electron chi connectivity index (χ3n) is 4.06. The van der Waals surface area contributed by atoms with Gasteiger partial charge in [0.2, 0.25) is 0 Å². The normalized spacial score (nSPS) is 15.8. The Morgan fingerprint density at radius 2 is 1.70 bits per heavy atom. The van der Waals surface area contributed by atoms with Gasteiger partial charge in [0.25, 0.3) is 0 Å². The number of benzene rings is 1. The Kier molecular flexibility index (Phi) is 5.30. The summed E-state index contributed by atoms with van der Waals surface area (Å²) < 4.78 is 6.12. The van der Waals surface area contributed by atoms with E-state index in [0.717, 1.165) is 0 Å². The molecule has 1 N–H and O–H groups in total. The van der Waals surface area contributed by atoms with E-state index in [4.69, 9.17) is 4.43 Å². The summed E-state index contributed by atoms with van der Waals surface area (Å²) in [5.74, 6) is -0.133. The first-order chi connectivity index (χ1) is 9.06. The minimum atomic E-state index is -2.11. The zero-order valence-electron chi connectivity index (χ0n) is 13.3. The number of hydrogen-bond acceptors (Lipinski definition) is 3. The van der Waals surface area contributed by atoms with Gasteiger partial charge in [-0.15, -0.1) is 0 Å². The molecule has 0 bridgehead atoms. The highest BCUT2D eigenvalue weighted by Gasteiger charge is 2.42. The van der Waals surface area contributed by atoms with Crippen molar-refractivity contribution in [1.82, 2.24) is 0 Å². The molecule has 0 spiro atoms. The largest absolute Gasteiger partial charge is 0.404 e. The number of Topliss-reactive ketones (excluding diaryl/α,β-unsaturated/α-hetero) is 1. The van der Waals surface area contributed by atoms with Crippen molar-refractivity contribution in [3.8, 4) is 0 Å². The molecule has 0 aliphatic rings. The maximum atomic E-state index is 11.9. The molecule has 0 saturated carbocycles. The second kappa shape index (κ2) is 6.20. The molecule has 112 valence electrons. The van der Waals surface area contributed by atoms with Crippen LogP contribution in [-0.2, 0) is 9.22 Å². The first kappa shape index (κ1) is 17.1. The fourth-order valence-corrected chi connectivity index (χ4v) is 2.97. The molecule has 2 atom stereocenters. The van der Waals surface area contributed by atoms with Crippen LogP contribution in [0.1, 0.15) is 39.4 Å². The molecule has 4 heteroatoms. The molecule has 3 nitrogen and oxygen atoms in total. The minimum absolute atomic E-state index is 0.00287. The van der Waals surface area contributed by atoms with E-state index in [0.29, 0.717) is 5.56 Å². The summed E-state index contributed by atoms with van der Waals surface area (Å²) in [6.07, 6.45) is -1.71. The lowest BCUT2D eigenvalue weighted by atomic mass is 10.0. The quantitative estimate of drug-likeness (QED) is 0.842. The Morgan fingerprint density at radius 1 is 1.20 bits per heavy atom. The summed E-state index contributed by atoms with van der Waals surface area (Å²) in [5, 5.41) is 10.5. The van der Waals surface area contributed by atoms with Crippen molar-refractivity contribution >= 4 is 14.1 Å². The Labute approximate surface area is 123 Å². The molecule has 20 heavy (non-hydrogen) atoms. The number of aliphatic hydroxyl groups is 1. The SMILES string of the molecule is CC(=O)[C@@H](O[Si](C)(C)C(C)(C)C)[C@H](O)c1ccccc1. The Hall–Kier alpha value is -0.973. The summed E-state index contributed by atoms with van der Waals surface area (Å²) in [6.45, 7) is 12.0. The summed E-state index contributed by atoms with van der Waals surface area (Å²) >= 11 is 0. The van der Waals surface area contributed by atoms with E-state index < -0.39 is 20.5 Å². The number of carbonyl (C=O) groups is 1. The van der Waals surface area contributed by atoms with Gasteiger partial charge in [-0.3, -0.25) is 4.79 Å². The lowest BCUT2D eigenvalue weighted by Gasteiger charge is -2.39. The van der Waals surface area contributed by atoms with Crippen molar-refractivity contribution in [3.63, 3.8) is 0 Å². The molecule has 0 heterocycles. The van der Waals surface area contributed by atoms with Crippen LogP contribution in [0.3, 0.4) is 0 Å². The maximum absolute atomic E-state index is 11.9. The van der Waals surface area contributed by atoms with Gasteiger partial charge in [-0.25, -0.2) is 0 Å². The molecule has 0 aliphatic heterocycles. The lowest BCUT2D eigenvalue weighted by molar-refractivity contribution is -0.129. The number of ketones is 1. The number of hydrogen-bond donors (Lipinski definition) is 1. The lowest BCUT2D eigenvalue weighted by Crippen LogP contribution is -2.47. The fraction of sp³-hybridized carbons (Fsp3) is 0.562. The van der Waals surface area contributed by atoms with Gasteiger partial charge in [0, 0.05) is 0 Å². The van der Waals surface area contributed by atoms with Gasteiger partial charge >= 0.3 is 0 Å². The predicted octanol–water partition coefficient (Wildman–Crippen LogP) is 3.70. The Balaban J connectivity index is 2.99. The van der Waals surface area contributed by atoms with Crippen LogP contribution in [0, 0.1) is 0 Å². The predicted molar refractivity (Wildman–Crippen MR) is 84.2 cm³/mol. The number of rotatable bonds is 5. The summed E-state index contributed by atoms with van der Waals surface area (Å²) in [6, 6.07) is 9.21. The van der Waals surface area contributed by atoms with E-state index in [1.54, 1.807) is 0 Å². The van der Waals surface area contributed by atoms with E-state index in [-0.39, 0.29) is 10.8 Å². The summed E-state index contributed by atoms with van der Waals surface area (Å²) in [5.41, 5.74) is 0.714. The van der Waals surface area contributed by atoms with Crippen LogP contribution >= 0.6 is 0 Å². The Bertz CT molecular complexity index is 449. The molecule has 0 amide bonds. The molecule has 0 saturated heterocycles. The van der Waals surface area contributed by atoms with E-state index in [1.165, 1.54) is 6.92 Å². The topological polar surface area (TPSA) is 46.5 Å². The molecule has 0 aliphatic carbocycles. The van der Waals surface area contributed by atoms with Crippen LogP contribution in [0.25, 0.3) is 0 Å². The van der Waals surface area contributed by atoms with Gasteiger partial charge in [-0.05, 0) is 30.6 Å². The van der Waals surface area contributed by atoms with Gasteiger partial charge in [-0.2, -0.15) is 0 Å². The number of aliphatic hydroxyl groups excluding tert-OH is 1. The van der Waals surface area contributed by atoms with Crippen LogP contribution in [-0.4, -0.2) is 25.3 Å². The smallest absolute Gasteiger partial charge is 0.193 e. The highest BCUT2D eigenvalue weighted by atomic mass is 28.4. The second-order valence-corrected chi connectivity index (χ2v) is 11.5. The molecule has 0 fully saturated rings. The molecule has 1 aromatic carbocycles. The van der Waals surface area contributed by atoms with Crippen LogP contribution in [0.5, 0.6) is 0 Å². The highest BCUT2D eigenvalue weighted by molar-refractivity contribution is 6.74. The molecule has 1 aromatic rings. The molecule has 0 unspecified atom stereocenters. The Morgan fingerprint density at radius 3 is 2.10 bits per heavy atom. The van der Waals surface area contributed by atoms with Gasteiger partial charge in [0.15, 0.2) is 14.1 Å².